The molecule has 1 aliphatic rings. The fraction of sp³-hybridized carbons (Fsp3) is 0.308. The summed E-state index contributed by atoms with van der Waals surface area (Å²) in [6.45, 7) is 3.30. The highest BCUT2D eigenvalue weighted by Crippen LogP contribution is 2.35. The highest BCUT2D eigenvalue weighted by Gasteiger charge is 2.38. The van der Waals surface area contributed by atoms with Gasteiger partial charge < -0.3 is 20.5 Å². The minimum Gasteiger partial charge on any atom is -0.535 e. The Morgan fingerprint density at radius 3 is 2.91 bits per heavy atom. The van der Waals surface area contributed by atoms with Crippen molar-refractivity contribution >= 4 is 47.2 Å². The first-order valence-corrected chi connectivity index (χ1v) is 8.05. The van der Waals surface area contributed by atoms with Gasteiger partial charge >= 0.3 is 13.1 Å². The molecule has 7 nitrogen and oxygen atoms in total. The van der Waals surface area contributed by atoms with Crippen LogP contribution in [0.25, 0.3) is 0 Å². The van der Waals surface area contributed by atoms with Crippen LogP contribution in [0.4, 0.5) is 0 Å². The van der Waals surface area contributed by atoms with Crippen molar-refractivity contribution in [2.75, 3.05) is 0 Å². The molecule has 2 rings (SSSR count). The molecule has 23 heavy (non-hydrogen) atoms. The number of rotatable bonds is 3. The molecule has 1 aliphatic heterocycles. The van der Waals surface area contributed by atoms with E-state index >= 15 is 0 Å². The minimum absolute atomic E-state index is 0.0778. The van der Waals surface area contributed by atoms with Gasteiger partial charge in [-0.1, -0.05) is 36.1 Å². The molecule has 1 aromatic rings. The van der Waals surface area contributed by atoms with E-state index in [0.717, 1.165) is 5.56 Å². The van der Waals surface area contributed by atoms with Crippen LogP contribution in [0.1, 0.15) is 28.4 Å². The van der Waals surface area contributed by atoms with Crippen LogP contribution in [0.2, 0.25) is 0 Å². The molecule has 0 saturated heterocycles. The zero-order valence-electron chi connectivity index (χ0n) is 12.6. The maximum Gasteiger partial charge on any atom is 0.537 e. The van der Waals surface area contributed by atoms with Crippen molar-refractivity contribution in [1.82, 2.24) is 5.43 Å². The SMILES string of the molecule is C/C(N)=N\NC(=S)S[C@H]1Cc2ccc(C)c(C(=O)O)c2OB1O. The highest BCUT2D eigenvalue weighted by molar-refractivity contribution is 8.24. The Morgan fingerprint density at radius 2 is 2.30 bits per heavy atom. The lowest BCUT2D eigenvalue weighted by atomic mass is 9.77. The zero-order valence-corrected chi connectivity index (χ0v) is 14.2. The number of hydrazone groups is 1. The van der Waals surface area contributed by atoms with Crippen molar-refractivity contribution in [3.8, 4) is 5.75 Å². The lowest BCUT2D eigenvalue weighted by molar-refractivity contribution is 0.0693. The van der Waals surface area contributed by atoms with Crippen LogP contribution in [0.5, 0.6) is 5.75 Å². The molecule has 10 heteroatoms. The lowest BCUT2D eigenvalue weighted by Crippen LogP contribution is -2.42. The normalized spacial score (nSPS) is 17.3. The molecule has 0 aromatic heterocycles. The fourth-order valence-corrected chi connectivity index (χ4v) is 3.42. The molecule has 5 N–H and O–H groups in total. The van der Waals surface area contributed by atoms with Gasteiger partial charge in [-0.15, -0.1) is 0 Å². The number of nitrogens with zero attached hydrogens (tertiary/aromatic N) is 1. The van der Waals surface area contributed by atoms with Crippen LogP contribution in [-0.4, -0.2) is 38.5 Å². The molecule has 0 bridgehead atoms. The molecule has 0 radical (unpaired) electrons. The third-order valence-corrected chi connectivity index (χ3v) is 4.61. The van der Waals surface area contributed by atoms with Crippen LogP contribution >= 0.6 is 24.0 Å². The molecule has 0 aliphatic carbocycles. The van der Waals surface area contributed by atoms with Gasteiger partial charge in [-0.25, -0.2) is 4.79 Å². The molecular weight excluding hydrogens is 337 g/mol. The maximum absolute atomic E-state index is 11.4. The van der Waals surface area contributed by atoms with Crippen LogP contribution in [0, 0.1) is 6.92 Å². The van der Waals surface area contributed by atoms with Crippen molar-refractivity contribution < 1.29 is 19.6 Å². The number of carbonyl (C=O) groups is 1. The molecule has 0 unspecified atom stereocenters. The van der Waals surface area contributed by atoms with E-state index in [1.807, 2.05) is 0 Å². The average Bonchev–Trinajstić information content (AvgIpc) is 2.45. The van der Waals surface area contributed by atoms with E-state index < -0.39 is 13.1 Å². The monoisotopic (exact) mass is 353 g/mol. The Kier molecular flexibility index (Phi) is 5.50. The van der Waals surface area contributed by atoms with Crippen LogP contribution in [0.15, 0.2) is 17.2 Å². The Bertz CT molecular complexity index is 679. The summed E-state index contributed by atoms with van der Waals surface area (Å²) in [5, 5.41) is 22.9. The third kappa shape index (κ3) is 4.15. The first-order valence-electron chi connectivity index (χ1n) is 6.76. The highest BCUT2D eigenvalue weighted by atomic mass is 32.2. The summed E-state index contributed by atoms with van der Waals surface area (Å²) in [4.78, 5) is 11.4. The van der Waals surface area contributed by atoms with Crippen LogP contribution in [-0.2, 0) is 6.42 Å². The number of amidine groups is 1. The van der Waals surface area contributed by atoms with Gasteiger partial charge in [-0.2, -0.15) is 5.10 Å². The predicted octanol–water partition coefficient (Wildman–Crippen LogP) is 0.916. The summed E-state index contributed by atoms with van der Waals surface area (Å²) in [5.41, 5.74) is 9.40. The summed E-state index contributed by atoms with van der Waals surface area (Å²) >= 11 is 6.31. The maximum atomic E-state index is 11.4. The van der Waals surface area contributed by atoms with Gasteiger partial charge in [0.1, 0.15) is 17.1 Å². The minimum atomic E-state index is -1.17. The number of aryl methyl sites for hydroxylation is 1. The molecule has 122 valence electrons. The Morgan fingerprint density at radius 1 is 1.61 bits per heavy atom. The smallest absolute Gasteiger partial charge is 0.535 e. The first kappa shape index (κ1) is 17.6. The number of hydrogen-bond acceptors (Lipinski definition) is 6. The second-order valence-corrected chi connectivity index (χ2v) is 6.99. The Labute approximate surface area is 143 Å². The number of carboxylic acid groups (broad SMARTS) is 1. The lowest BCUT2D eigenvalue weighted by Gasteiger charge is -2.28. The largest absolute Gasteiger partial charge is 0.537 e. The average molecular weight is 353 g/mol. The van der Waals surface area contributed by atoms with E-state index in [9.17, 15) is 14.9 Å². The van der Waals surface area contributed by atoms with Crippen LogP contribution in [0.3, 0.4) is 0 Å². The zero-order chi connectivity index (χ0) is 17.1. The number of aromatic carboxylic acids is 1. The van der Waals surface area contributed by atoms with Gasteiger partial charge in [0.25, 0.3) is 0 Å². The number of nitrogens with two attached hydrogens (primary N) is 1. The fourth-order valence-electron chi connectivity index (χ4n) is 2.20. The molecule has 0 fully saturated rings. The Balaban J connectivity index is 2.19. The molecule has 0 spiro atoms. The summed E-state index contributed by atoms with van der Waals surface area (Å²) in [5.74, 6) is -0.528. The summed E-state index contributed by atoms with van der Waals surface area (Å²) in [6, 6.07) is 3.53. The second kappa shape index (κ2) is 7.20. The van der Waals surface area contributed by atoms with Gasteiger partial charge in [0.15, 0.2) is 4.32 Å². The van der Waals surface area contributed by atoms with Gasteiger partial charge in [-0.3, -0.25) is 5.43 Å². The summed E-state index contributed by atoms with van der Waals surface area (Å²) in [7, 11) is -1.17. The summed E-state index contributed by atoms with van der Waals surface area (Å²) in [6.07, 6.45) is 0.425. The number of fused-ring (bicyclic) bond motifs is 1. The van der Waals surface area contributed by atoms with E-state index in [4.69, 9.17) is 22.6 Å². The van der Waals surface area contributed by atoms with Crippen molar-refractivity contribution in [2.24, 2.45) is 10.8 Å². The van der Waals surface area contributed by atoms with E-state index in [-0.39, 0.29) is 16.5 Å². The number of nitrogens with one attached hydrogen (secondary N) is 1. The Hall–Kier alpha value is -1.78. The topological polar surface area (TPSA) is 117 Å². The van der Waals surface area contributed by atoms with E-state index in [1.165, 1.54) is 11.8 Å². The van der Waals surface area contributed by atoms with Crippen molar-refractivity contribution in [3.63, 3.8) is 0 Å². The van der Waals surface area contributed by atoms with Crippen molar-refractivity contribution in [3.05, 3.63) is 28.8 Å². The second-order valence-electron chi connectivity index (χ2n) is 5.07. The predicted molar refractivity (Wildman–Crippen MR) is 94.9 cm³/mol. The van der Waals surface area contributed by atoms with Gasteiger partial charge in [0.2, 0.25) is 0 Å². The summed E-state index contributed by atoms with van der Waals surface area (Å²) < 4.78 is 5.79. The number of carboxylic acids is 1. The van der Waals surface area contributed by atoms with Crippen LogP contribution < -0.4 is 15.8 Å². The molecular formula is C13H16BN3O4S2. The van der Waals surface area contributed by atoms with E-state index in [1.54, 1.807) is 26.0 Å². The molecule has 0 saturated carbocycles. The molecule has 1 aromatic carbocycles. The first-order chi connectivity index (χ1) is 10.8. The molecule has 1 atom stereocenters. The third-order valence-electron chi connectivity index (χ3n) is 3.22. The number of hydrogen-bond donors (Lipinski definition) is 4. The number of benzene rings is 1. The van der Waals surface area contributed by atoms with Gasteiger partial charge in [-0.05, 0) is 31.4 Å². The van der Waals surface area contributed by atoms with Gasteiger partial charge in [0.05, 0.1) is 5.15 Å². The van der Waals surface area contributed by atoms with Crippen molar-refractivity contribution in [1.29, 1.82) is 0 Å². The van der Waals surface area contributed by atoms with Crippen molar-refractivity contribution in [2.45, 2.75) is 25.4 Å². The molecule has 0 amide bonds. The molecule has 1 heterocycles. The van der Waals surface area contributed by atoms with E-state index in [2.05, 4.69) is 10.5 Å². The van der Waals surface area contributed by atoms with Gasteiger partial charge in [0, 0.05) is 0 Å². The number of thiocarbonyl (C=S) groups is 1. The number of thioether (sulfide) groups is 1. The standard InChI is InChI=1S/C13H16BN3O4S2/c1-6-3-4-8-5-9(23-13(22)17-16-7(2)15)14(20)21-11(8)10(6)12(18)19/h3-4,9,20H,5H2,1-2H3,(H2,15,16)(H,17,22)(H,18,19)/t9-/m0/s1. The quantitative estimate of drug-likeness (QED) is 0.208. The van der Waals surface area contributed by atoms with E-state index in [0.29, 0.717) is 22.1 Å².